The van der Waals surface area contributed by atoms with Crippen molar-refractivity contribution in [3.05, 3.63) is 82.8 Å². The van der Waals surface area contributed by atoms with E-state index in [1.165, 1.54) is 0 Å². The van der Waals surface area contributed by atoms with Crippen molar-refractivity contribution in [1.82, 2.24) is 9.80 Å². The van der Waals surface area contributed by atoms with Gasteiger partial charge in [-0.25, -0.2) is 0 Å². The van der Waals surface area contributed by atoms with Crippen molar-refractivity contribution in [3.63, 3.8) is 0 Å². The van der Waals surface area contributed by atoms with Crippen LogP contribution in [0.5, 0.6) is 11.5 Å². The molecule has 0 atom stereocenters. The standard InChI is InChI=1S/C24H25ClN2O4/c1-29-23-9-4-18(15-19(23)17-31-21-7-5-20(25)6-8-21)24(28)27-12-10-26(11-13-27)16-22-3-2-14-30-22/h2-9,14-15H,10-13,16-17H2,1H3. The highest BCUT2D eigenvalue weighted by atomic mass is 35.5. The molecular weight excluding hydrogens is 416 g/mol. The van der Waals surface area contributed by atoms with Crippen LogP contribution < -0.4 is 9.47 Å². The number of nitrogens with zero attached hydrogens (tertiary/aromatic N) is 2. The van der Waals surface area contributed by atoms with Gasteiger partial charge in [0.15, 0.2) is 0 Å². The Morgan fingerprint density at radius 3 is 2.52 bits per heavy atom. The zero-order valence-electron chi connectivity index (χ0n) is 17.4. The lowest BCUT2D eigenvalue weighted by Gasteiger charge is -2.34. The molecule has 0 bridgehead atoms. The smallest absolute Gasteiger partial charge is 0.253 e. The van der Waals surface area contributed by atoms with Crippen LogP contribution in [0.15, 0.2) is 65.3 Å². The van der Waals surface area contributed by atoms with E-state index in [0.29, 0.717) is 41.8 Å². The molecule has 0 radical (unpaired) electrons. The average Bonchev–Trinajstić information content (AvgIpc) is 3.31. The lowest BCUT2D eigenvalue weighted by atomic mass is 10.1. The molecule has 0 aliphatic carbocycles. The Labute approximate surface area is 186 Å². The summed E-state index contributed by atoms with van der Waals surface area (Å²) >= 11 is 5.92. The number of amides is 1. The van der Waals surface area contributed by atoms with Gasteiger partial charge in [0.1, 0.15) is 23.9 Å². The van der Waals surface area contributed by atoms with Crippen LogP contribution >= 0.6 is 11.6 Å². The third-order valence-corrected chi connectivity index (χ3v) is 5.61. The Morgan fingerprint density at radius 2 is 1.84 bits per heavy atom. The van der Waals surface area contributed by atoms with Gasteiger partial charge >= 0.3 is 0 Å². The maximum atomic E-state index is 13.1. The number of furan rings is 1. The largest absolute Gasteiger partial charge is 0.496 e. The topological polar surface area (TPSA) is 55.2 Å². The number of carbonyl (C=O) groups excluding carboxylic acids is 1. The van der Waals surface area contributed by atoms with Gasteiger partial charge in [-0.3, -0.25) is 9.69 Å². The van der Waals surface area contributed by atoms with E-state index >= 15 is 0 Å². The number of hydrogen-bond acceptors (Lipinski definition) is 5. The molecule has 162 valence electrons. The third-order valence-electron chi connectivity index (χ3n) is 5.35. The van der Waals surface area contributed by atoms with Crippen molar-refractivity contribution in [2.45, 2.75) is 13.2 Å². The summed E-state index contributed by atoms with van der Waals surface area (Å²) in [5.41, 5.74) is 1.45. The van der Waals surface area contributed by atoms with Gasteiger partial charge in [0.05, 0.1) is 19.9 Å². The maximum absolute atomic E-state index is 13.1. The number of carbonyl (C=O) groups is 1. The Hall–Kier alpha value is -2.96. The minimum Gasteiger partial charge on any atom is -0.496 e. The molecule has 1 aliphatic rings. The van der Waals surface area contributed by atoms with Crippen LogP contribution in [-0.4, -0.2) is 49.0 Å². The number of ether oxygens (including phenoxy) is 2. The van der Waals surface area contributed by atoms with Crippen LogP contribution in [0.3, 0.4) is 0 Å². The Morgan fingerprint density at radius 1 is 1.06 bits per heavy atom. The van der Waals surface area contributed by atoms with Gasteiger partial charge < -0.3 is 18.8 Å². The van der Waals surface area contributed by atoms with E-state index in [2.05, 4.69) is 4.90 Å². The molecule has 2 aromatic carbocycles. The molecule has 3 aromatic rings. The van der Waals surface area contributed by atoms with Gasteiger partial charge in [-0.1, -0.05) is 11.6 Å². The summed E-state index contributed by atoms with van der Waals surface area (Å²) in [5, 5.41) is 0.654. The van der Waals surface area contributed by atoms with Crippen LogP contribution in [0, 0.1) is 0 Å². The normalized spacial score (nSPS) is 14.5. The maximum Gasteiger partial charge on any atom is 0.253 e. The lowest BCUT2D eigenvalue weighted by Crippen LogP contribution is -2.48. The van der Waals surface area contributed by atoms with Crippen LogP contribution in [0.1, 0.15) is 21.7 Å². The molecule has 1 aliphatic heterocycles. The van der Waals surface area contributed by atoms with E-state index in [-0.39, 0.29) is 5.91 Å². The average molecular weight is 441 g/mol. The first-order valence-corrected chi connectivity index (χ1v) is 10.6. The number of halogens is 1. The predicted octanol–water partition coefficient (Wildman–Crippen LogP) is 4.48. The number of methoxy groups -OCH3 is 1. The second kappa shape index (κ2) is 9.90. The van der Waals surface area contributed by atoms with Crippen LogP contribution in [0.4, 0.5) is 0 Å². The molecule has 2 heterocycles. The Bertz CT molecular complexity index is 997. The fourth-order valence-corrected chi connectivity index (χ4v) is 3.76. The first-order chi connectivity index (χ1) is 15.1. The molecule has 4 rings (SSSR count). The van der Waals surface area contributed by atoms with E-state index in [4.69, 9.17) is 25.5 Å². The van der Waals surface area contributed by atoms with Crippen molar-refractivity contribution in [2.24, 2.45) is 0 Å². The van der Waals surface area contributed by atoms with Crippen molar-refractivity contribution in [3.8, 4) is 11.5 Å². The molecule has 31 heavy (non-hydrogen) atoms. The second-order valence-corrected chi connectivity index (χ2v) is 7.85. The zero-order chi connectivity index (χ0) is 21.6. The first-order valence-electron chi connectivity index (χ1n) is 10.2. The molecule has 7 heteroatoms. The first kappa shape index (κ1) is 21.3. The van der Waals surface area contributed by atoms with E-state index in [1.54, 1.807) is 25.5 Å². The SMILES string of the molecule is COc1ccc(C(=O)N2CCN(Cc3ccco3)CC2)cc1COc1ccc(Cl)cc1. The number of hydrogen-bond donors (Lipinski definition) is 0. The third kappa shape index (κ3) is 5.40. The van der Waals surface area contributed by atoms with Gasteiger partial charge in [0.25, 0.3) is 5.91 Å². The molecule has 0 N–H and O–H groups in total. The summed E-state index contributed by atoms with van der Waals surface area (Å²) < 4.78 is 16.7. The monoisotopic (exact) mass is 440 g/mol. The second-order valence-electron chi connectivity index (χ2n) is 7.42. The number of piperazine rings is 1. The van der Waals surface area contributed by atoms with Gasteiger partial charge in [-0.2, -0.15) is 0 Å². The van der Waals surface area contributed by atoms with Gasteiger partial charge in [0, 0.05) is 42.3 Å². The minimum absolute atomic E-state index is 0.0213. The fourth-order valence-electron chi connectivity index (χ4n) is 3.63. The lowest BCUT2D eigenvalue weighted by molar-refractivity contribution is 0.0620. The molecule has 1 saturated heterocycles. The Balaban J connectivity index is 1.38. The fraction of sp³-hybridized carbons (Fsp3) is 0.292. The minimum atomic E-state index is 0.0213. The summed E-state index contributed by atoms with van der Waals surface area (Å²) in [4.78, 5) is 17.3. The van der Waals surface area contributed by atoms with Crippen molar-refractivity contribution < 1.29 is 18.7 Å². The molecule has 1 aromatic heterocycles. The van der Waals surface area contributed by atoms with E-state index < -0.39 is 0 Å². The summed E-state index contributed by atoms with van der Waals surface area (Å²) in [6.45, 7) is 4.06. The Kier molecular flexibility index (Phi) is 6.79. The van der Waals surface area contributed by atoms with E-state index in [0.717, 1.165) is 31.0 Å². The van der Waals surface area contributed by atoms with Gasteiger partial charge in [0.2, 0.25) is 0 Å². The molecule has 0 spiro atoms. The highest BCUT2D eigenvalue weighted by Gasteiger charge is 2.23. The van der Waals surface area contributed by atoms with E-state index in [1.807, 2.05) is 47.4 Å². The van der Waals surface area contributed by atoms with Crippen LogP contribution in [0.25, 0.3) is 0 Å². The summed E-state index contributed by atoms with van der Waals surface area (Å²) in [7, 11) is 1.61. The van der Waals surface area contributed by atoms with Crippen molar-refractivity contribution in [2.75, 3.05) is 33.3 Å². The molecule has 0 unspecified atom stereocenters. The summed E-state index contributed by atoms with van der Waals surface area (Å²) in [6, 6.07) is 16.5. The molecule has 0 saturated carbocycles. The quantitative estimate of drug-likeness (QED) is 0.542. The molecular formula is C24H25ClN2O4. The van der Waals surface area contributed by atoms with E-state index in [9.17, 15) is 4.79 Å². The van der Waals surface area contributed by atoms with Crippen LogP contribution in [0.2, 0.25) is 5.02 Å². The molecule has 1 fully saturated rings. The highest BCUT2D eigenvalue weighted by Crippen LogP contribution is 2.24. The summed E-state index contributed by atoms with van der Waals surface area (Å²) in [6.07, 6.45) is 1.69. The van der Waals surface area contributed by atoms with Crippen LogP contribution in [-0.2, 0) is 13.2 Å². The van der Waals surface area contributed by atoms with Crippen molar-refractivity contribution in [1.29, 1.82) is 0 Å². The highest BCUT2D eigenvalue weighted by molar-refractivity contribution is 6.30. The summed E-state index contributed by atoms with van der Waals surface area (Å²) in [5.74, 6) is 2.36. The number of rotatable bonds is 7. The van der Waals surface area contributed by atoms with Crippen molar-refractivity contribution >= 4 is 17.5 Å². The van der Waals surface area contributed by atoms with Gasteiger partial charge in [-0.15, -0.1) is 0 Å². The van der Waals surface area contributed by atoms with Gasteiger partial charge in [-0.05, 0) is 54.6 Å². The number of benzene rings is 2. The molecule has 1 amide bonds. The predicted molar refractivity (Wildman–Crippen MR) is 119 cm³/mol. The molecule has 6 nitrogen and oxygen atoms in total. The zero-order valence-corrected chi connectivity index (χ0v) is 18.2.